The van der Waals surface area contributed by atoms with Gasteiger partial charge in [-0.3, -0.25) is 9.59 Å². The van der Waals surface area contributed by atoms with Crippen LogP contribution in [-0.4, -0.2) is 46.3 Å². The molecule has 2 N–H and O–H groups in total. The third-order valence-electron chi connectivity index (χ3n) is 9.47. The van der Waals surface area contributed by atoms with Crippen LogP contribution in [0.4, 0.5) is 13.2 Å². The average molecular weight is 489 g/mol. The van der Waals surface area contributed by atoms with Crippen molar-refractivity contribution < 1.29 is 28.0 Å². The Balaban J connectivity index is 1.32. The van der Waals surface area contributed by atoms with Gasteiger partial charge < -0.3 is 10.5 Å². The monoisotopic (exact) mass is 488 g/mol. The fourth-order valence-electron chi connectivity index (χ4n) is 7.70. The predicted molar refractivity (Wildman–Crippen MR) is 121 cm³/mol. The number of thioether (sulfide) groups is 1. The highest BCUT2D eigenvalue weighted by molar-refractivity contribution is 7.99. The molecule has 0 aromatic carbocycles. The Morgan fingerprint density at radius 2 is 1.97 bits per heavy atom. The summed E-state index contributed by atoms with van der Waals surface area (Å²) in [5, 5.41) is 15.6. The summed E-state index contributed by atoms with van der Waals surface area (Å²) in [5.41, 5.74) is 0.551. The lowest BCUT2D eigenvalue weighted by atomic mass is 9.45. The molecule has 186 valence electrons. The van der Waals surface area contributed by atoms with Crippen LogP contribution in [0.5, 0.6) is 0 Å². The number of oxime groups is 1. The van der Waals surface area contributed by atoms with Crippen molar-refractivity contribution in [2.75, 3.05) is 12.3 Å². The highest BCUT2D eigenvalue weighted by Gasteiger charge is 2.62. The van der Waals surface area contributed by atoms with E-state index in [0.29, 0.717) is 41.6 Å². The molecule has 1 amide bonds. The van der Waals surface area contributed by atoms with Crippen molar-refractivity contribution in [3.63, 3.8) is 0 Å². The molecule has 4 saturated carbocycles. The van der Waals surface area contributed by atoms with Crippen molar-refractivity contribution in [3.8, 4) is 0 Å². The zero-order chi connectivity index (χ0) is 24.0. The zero-order valence-corrected chi connectivity index (χ0v) is 20.2. The minimum Gasteiger partial charge on any atom is -0.411 e. The number of rotatable bonds is 5. The highest BCUT2D eigenvalue weighted by Crippen LogP contribution is 2.65. The summed E-state index contributed by atoms with van der Waals surface area (Å²) in [4.78, 5) is 23.6. The van der Waals surface area contributed by atoms with Gasteiger partial charge in [0.05, 0.1) is 5.71 Å². The van der Waals surface area contributed by atoms with Crippen LogP contribution < -0.4 is 5.32 Å². The van der Waals surface area contributed by atoms with Crippen LogP contribution in [0, 0.1) is 34.5 Å². The van der Waals surface area contributed by atoms with Crippen molar-refractivity contribution in [3.05, 3.63) is 0 Å². The van der Waals surface area contributed by atoms with Crippen LogP contribution in [0.25, 0.3) is 0 Å². The fourth-order valence-corrected chi connectivity index (χ4v) is 9.00. The molecule has 0 aliphatic heterocycles. The second-order valence-corrected chi connectivity index (χ2v) is 12.5. The molecule has 5 nitrogen and oxygen atoms in total. The summed E-state index contributed by atoms with van der Waals surface area (Å²) < 4.78 is 36.8. The van der Waals surface area contributed by atoms with Crippen molar-refractivity contribution in [1.82, 2.24) is 5.32 Å². The number of nitrogens with zero attached hydrogens (tertiary/aromatic N) is 1. The summed E-state index contributed by atoms with van der Waals surface area (Å²) in [6, 6.07) is 0. The topological polar surface area (TPSA) is 78.8 Å². The Kier molecular flexibility index (Phi) is 6.84. The Morgan fingerprint density at radius 3 is 2.67 bits per heavy atom. The van der Waals surface area contributed by atoms with Crippen LogP contribution in [-0.2, 0) is 9.59 Å². The normalized spacial score (nSPS) is 41.9. The van der Waals surface area contributed by atoms with Gasteiger partial charge in [0, 0.05) is 29.5 Å². The zero-order valence-electron chi connectivity index (χ0n) is 19.4. The molecule has 0 spiro atoms. The number of carbonyl (C=O) groups is 2. The molecule has 9 heteroatoms. The molecule has 0 aromatic heterocycles. The first-order valence-electron chi connectivity index (χ1n) is 12.2. The number of halogens is 3. The number of alkyl halides is 3. The largest absolute Gasteiger partial charge is 0.471 e. The fraction of sp³-hybridized carbons (Fsp3) is 0.875. The summed E-state index contributed by atoms with van der Waals surface area (Å²) in [6.45, 7) is 4.56. The average Bonchev–Trinajstić information content (AvgIpc) is 3.03. The molecule has 0 aromatic rings. The van der Waals surface area contributed by atoms with Crippen LogP contribution in [0.3, 0.4) is 0 Å². The van der Waals surface area contributed by atoms with E-state index in [1.165, 1.54) is 0 Å². The molecule has 0 saturated heterocycles. The van der Waals surface area contributed by atoms with Crippen LogP contribution in [0.1, 0.15) is 71.6 Å². The van der Waals surface area contributed by atoms with Gasteiger partial charge in [-0.15, -0.1) is 0 Å². The highest BCUT2D eigenvalue weighted by atomic mass is 32.2. The van der Waals surface area contributed by atoms with Crippen molar-refractivity contribution in [1.29, 1.82) is 0 Å². The van der Waals surface area contributed by atoms with E-state index in [1.807, 2.05) is 17.1 Å². The maximum Gasteiger partial charge on any atom is 0.471 e. The SMILES string of the molecule is C[C@]12CCC(SCCCNC(=O)C(F)(F)F)C[C@@H]1CC[C@@H]1[C@@H]2CC[C@]2(C)C(=O)CC(=NO)[C@@H]12. The molecule has 33 heavy (non-hydrogen) atoms. The van der Waals surface area contributed by atoms with Gasteiger partial charge in [0.25, 0.3) is 0 Å². The van der Waals surface area contributed by atoms with Gasteiger partial charge >= 0.3 is 12.1 Å². The second-order valence-electron chi connectivity index (χ2n) is 11.0. The standard InChI is InChI=1S/C24H35F3N2O3S/c1-22-8-6-15(33-11-3-10-28-21(31)24(25,26)27)12-14(22)4-5-16-17(22)7-9-23(2)19(30)13-18(29-32)20(16)23/h14-17,20,32H,3-13H2,1-2H3,(H,28,31)/t14-,15?,16+,17-,20+,22-,23+/m0/s1. The van der Waals surface area contributed by atoms with E-state index in [-0.39, 0.29) is 29.1 Å². The number of hydrogen-bond donors (Lipinski definition) is 2. The van der Waals surface area contributed by atoms with Gasteiger partial charge in [-0.2, -0.15) is 24.9 Å². The second kappa shape index (κ2) is 9.08. The molecule has 0 bridgehead atoms. The number of Topliss-reactive ketones (excluding diaryl/α,β-unsaturated/α-hetero) is 1. The van der Waals surface area contributed by atoms with Crippen molar-refractivity contribution in [2.45, 2.75) is 83.1 Å². The Morgan fingerprint density at radius 1 is 1.21 bits per heavy atom. The smallest absolute Gasteiger partial charge is 0.411 e. The van der Waals surface area contributed by atoms with E-state index < -0.39 is 12.1 Å². The Hall–Kier alpha value is -1.25. The van der Waals surface area contributed by atoms with Crippen molar-refractivity contribution in [2.24, 2.45) is 39.7 Å². The molecule has 4 fully saturated rings. The number of hydrogen-bond acceptors (Lipinski definition) is 5. The van der Waals surface area contributed by atoms with Crippen LogP contribution in [0.15, 0.2) is 5.16 Å². The number of nitrogens with one attached hydrogen (secondary N) is 1. The van der Waals surface area contributed by atoms with E-state index in [2.05, 4.69) is 19.0 Å². The first-order chi connectivity index (χ1) is 15.5. The van der Waals surface area contributed by atoms with Gasteiger partial charge in [0.2, 0.25) is 0 Å². The number of amides is 1. The van der Waals surface area contributed by atoms with E-state index in [1.54, 1.807) is 0 Å². The first kappa shape index (κ1) is 24.9. The molecule has 4 aliphatic rings. The quantitative estimate of drug-likeness (QED) is 0.316. The number of fused-ring (bicyclic) bond motifs is 5. The lowest BCUT2D eigenvalue weighted by molar-refractivity contribution is -0.173. The van der Waals surface area contributed by atoms with Gasteiger partial charge in [0.1, 0.15) is 5.78 Å². The molecule has 0 radical (unpaired) electrons. The lowest BCUT2D eigenvalue weighted by Gasteiger charge is -2.60. The molecule has 4 aliphatic carbocycles. The predicted octanol–water partition coefficient (Wildman–Crippen LogP) is 5.21. The Labute approximate surface area is 197 Å². The maximum absolute atomic E-state index is 12.7. The number of ketones is 1. The summed E-state index contributed by atoms with van der Waals surface area (Å²) in [7, 11) is 0. The van der Waals surface area contributed by atoms with Gasteiger partial charge in [-0.05, 0) is 80.3 Å². The lowest BCUT2D eigenvalue weighted by Crippen LogP contribution is -2.54. The minimum absolute atomic E-state index is 0.0522. The third-order valence-corrected chi connectivity index (χ3v) is 10.9. The maximum atomic E-state index is 12.7. The van der Waals surface area contributed by atoms with Crippen LogP contribution in [0.2, 0.25) is 0 Å². The van der Waals surface area contributed by atoms with Gasteiger partial charge in [-0.1, -0.05) is 19.0 Å². The molecule has 7 atom stereocenters. The van der Waals surface area contributed by atoms with Crippen LogP contribution >= 0.6 is 11.8 Å². The summed E-state index contributed by atoms with van der Waals surface area (Å²) in [6.07, 6.45) is 3.49. The Bertz CT molecular complexity index is 819. The van der Waals surface area contributed by atoms with Gasteiger partial charge in [0.15, 0.2) is 0 Å². The van der Waals surface area contributed by atoms with E-state index in [9.17, 15) is 28.0 Å². The van der Waals surface area contributed by atoms with Crippen molar-refractivity contribution >= 4 is 29.2 Å². The first-order valence-corrected chi connectivity index (χ1v) is 13.3. The van der Waals surface area contributed by atoms with E-state index >= 15 is 0 Å². The molecular weight excluding hydrogens is 453 g/mol. The third kappa shape index (κ3) is 4.43. The van der Waals surface area contributed by atoms with E-state index in [4.69, 9.17) is 0 Å². The van der Waals surface area contributed by atoms with Gasteiger partial charge in [-0.25, -0.2) is 0 Å². The minimum atomic E-state index is -4.81. The molecule has 1 unspecified atom stereocenters. The summed E-state index contributed by atoms with van der Waals surface area (Å²) in [5.74, 6) is 0.759. The summed E-state index contributed by atoms with van der Waals surface area (Å²) >= 11 is 1.83. The number of carbonyl (C=O) groups excluding carboxylic acids is 2. The van der Waals surface area contributed by atoms with E-state index in [0.717, 1.165) is 50.7 Å². The molecule has 0 heterocycles. The molecular formula is C24H35F3N2O3S. The molecule has 4 rings (SSSR count).